The van der Waals surface area contributed by atoms with E-state index in [1.807, 2.05) is 6.07 Å². The molecule has 146 valence electrons. The third kappa shape index (κ3) is 5.29. The number of carbonyl (C=O) groups excluding carboxylic acids is 1. The lowest BCUT2D eigenvalue weighted by Crippen LogP contribution is -1.95. The lowest BCUT2D eigenvalue weighted by Gasteiger charge is -2.07. The van der Waals surface area contributed by atoms with Gasteiger partial charge in [-0.15, -0.1) is 11.3 Å². The van der Waals surface area contributed by atoms with Crippen molar-refractivity contribution in [3.05, 3.63) is 78.3 Å². The number of allylic oxidation sites excluding steroid dienone is 1. The minimum absolute atomic E-state index is 0.0508. The number of hydrogen-bond acceptors (Lipinski definition) is 4. The van der Waals surface area contributed by atoms with Gasteiger partial charge in [0.05, 0.1) is 14.9 Å². The molecule has 0 aliphatic carbocycles. The molecule has 0 radical (unpaired) electrons. The van der Waals surface area contributed by atoms with Gasteiger partial charge >= 0.3 is 0 Å². The molecule has 0 bridgehead atoms. The summed E-state index contributed by atoms with van der Waals surface area (Å²) in [6.07, 6.45) is 5.17. The minimum Gasteiger partial charge on any atom is -0.483 e. The molecule has 3 aromatic rings. The van der Waals surface area contributed by atoms with Crippen molar-refractivity contribution in [1.29, 1.82) is 0 Å². The van der Waals surface area contributed by atoms with E-state index in [1.54, 1.807) is 36.4 Å². The van der Waals surface area contributed by atoms with Gasteiger partial charge < -0.3 is 9.15 Å². The highest BCUT2D eigenvalue weighted by Crippen LogP contribution is 2.33. The summed E-state index contributed by atoms with van der Waals surface area (Å²) in [5, 5.41) is 0.878. The molecule has 1 aromatic carbocycles. The van der Waals surface area contributed by atoms with Gasteiger partial charge in [-0.2, -0.15) is 0 Å². The van der Waals surface area contributed by atoms with Crippen molar-refractivity contribution in [3.63, 3.8) is 0 Å². The summed E-state index contributed by atoms with van der Waals surface area (Å²) in [4.78, 5) is 14.3. The lowest BCUT2D eigenvalue weighted by atomic mass is 10.2. The van der Waals surface area contributed by atoms with Gasteiger partial charge in [0, 0.05) is 9.35 Å². The summed E-state index contributed by atoms with van der Waals surface area (Å²) in [6, 6.07) is 10.6. The molecule has 7 heteroatoms. The second-order valence-electron chi connectivity index (χ2n) is 5.97. The van der Waals surface area contributed by atoms with Crippen LogP contribution < -0.4 is 4.74 Å². The third-order valence-corrected chi connectivity index (χ3v) is 6.61. The standard InChI is InChI=1S/C21H17BrCl2O3S/c1-2-4-19-15(22)11-20(28-19)18(25)10-9-13-7-8-14(27-13)12-26-21-16(23)5-3-6-17(21)24/h3,5-11H,2,4,12H2,1H3/b10-9+. The molecule has 0 atom stereocenters. The number of thiophene rings is 1. The topological polar surface area (TPSA) is 39.4 Å². The van der Waals surface area contributed by atoms with Gasteiger partial charge in [-0.25, -0.2) is 0 Å². The van der Waals surface area contributed by atoms with Crippen LogP contribution in [0.25, 0.3) is 6.08 Å². The fourth-order valence-electron chi connectivity index (χ4n) is 2.49. The zero-order valence-corrected chi connectivity index (χ0v) is 18.9. The minimum atomic E-state index is -0.0508. The molecule has 0 aliphatic rings. The molecule has 0 aliphatic heterocycles. The number of aryl methyl sites for hydroxylation is 1. The molecule has 0 N–H and O–H groups in total. The van der Waals surface area contributed by atoms with Gasteiger partial charge in [-0.3, -0.25) is 4.79 Å². The molecule has 0 saturated heterocycles. The number of halogens is 3. The molecule has 0 spiro atoms. The van der Waals surface area contributed by atoms with Crippen molar-refractivity contribution in [2.45, 2.75) is 26.4 Å². The maximum atomic E-state index is 12.4. The van der Waals surface area contributed by atoms with Gasteiger partial charge in [-0.1, -0.05) is 42.6 Å². The van der Waals surface area contributed by atoms with Crippen molar-refractivity contribution in [2.75, 3.05) is 0 Å². The van der Waals surface area contributed by atoms with Crippen LogP contribution in [0.1, 0.15) is 39.4 Å². The van der Waals surface area contributed by atoms with E-state index >= 15 is 0 Å². The Morgan fingerprint density at radius 1 is 1.25 bits per heavy atom. The number of rotatable bonds is 8. The number of para-hydroxylation sites is 1. The molecule has 0 saturated carbocycles. The van der Waals surface area contributed by atoms with Crippen LogP contribution in [0.2, 0.25) is 10.0 Å². The van der Waals surface area contributed by atoms with E-state index in [1.165, 1.54) is 22.3 Å². The highest BCUT2D eigenvalue weighted by molar-refractivity contribution is 9.10. The Morgan fingerprint density at radius 3 is 2.71 bits per heavy atom. The van der Waals surface area contributed by atoms with Crippen molar-refractivity contribution in [3.8, 4) is 5.75 Å². The number of hydrogen-bond donors (Lipinski definition) is 0. The summed E-state index contributed by atoms with van der Waals surface area (Å²) < 4.78 is 12.3. The number of ether oxygens (including phenoxy) is 1. The first kappa shape index (κ1) is 21.2. The maximum Gasteiger partial charge on any atom is 0.195 e. The largest absolute Gasteiger partial charge is 0.483 e. The first-order valence-electron chi connectivity index (χ1n) is 8.64. The molecule has 3 rings (SSSR count). The Bertz CT molecular complexity index is 987. The SMILES string of the molecule is CCCc1sc(C(=O)/C=C/c2ccc(COc3c(Cl)cccc3Cl)o2)cc1Br. The summed E-state index contributed by atoms with van der Waals surface area (Å²) in [5.74, 6) is 1.54. The third-order valence-electron chi connectivity index (χ3n) is 3.84. The molecule has 2 heterocycles. The molecule has 2 aromatic heterocycles. The number of ketones is 1. The van der Waals surface area contributed by atoms with Crippen LogP contribution in [0.4, 0.5) is 0 Å². The van der Waals surface area contributed by atoms with E-state index in [4.69, 9.17) is 32.4 Å². The molecule has 28 heavy (non-hydrogen) atoms. The van der Waals surface area contributed by atoms with Gasteiger partial charge in [0.15, 0.2) is 11.5 Å². The van der Waals surface area contributed by atoms with E-state index in [0.717, 1.165) is 17.3 Å². The van der Waals surface area contributed by atoms with Crippen LogP contribution >= 0.6 is 50.5 Å². The molecule has 0 amide bonds. The van der Waals surface area contributed by atoms with Gasteiger partial charge in [-0.05, 0) is 64.8 Å². The van der Waals surface area contributed by atoms with Crippen molar-refractivity contribution < 1.29 is 13.9 Å². The normalized spacial score (nSPS) is 11.3. The van der Waals surface area contributed by atoms with E-state index < -0.39 is 0 Å². The van der Waals surface area contributed by atoms with Crippen molar-refractivity contribution >= 4 is 62.3 Å². The fraction of sp³-hybridized carbons (Fsp3) is 0.190. The summed E-state index contributed by atoms with van der Waals surface area (Å²) >= 11 is 17.2. The first-order chi connectivity index (χ1) is 13.5. The highest BCUT2D eigenvalue weighted by atomic mass is 79.9. The van der Waals surface area contributed by atoms with Gasteiger partial charge in [0.25, 0.3) is 0 Å². The molecular weight excluding hydrogens is 483 g/mol. The quantitative estimate of drug-likeness (QED) is 0.234. The Balaban J connectivity index is 1.62. The van der Waals surface area contributed by atoms with Crippen LogP contribution in [-0.4, -0.2) is 5.78 Å². The molecule has 3 nitrogen and oxygen atoms in total. The Morgan fingerprint density at radius 2 is 2.00 bits per heavy atom. The van der Waals surface area contributed by atoms with E-state index in [0.29, 0.717) is 32.2 Å². The number of benzene rings is 1. The van der Waals surface area contributed by atoms with Gasteiger partial charge in [0.1, 0.15) is 18.1 Å². The monoisotopic (exact) mass is 498 g/mol. The Kier molecular flexibility index (Phi) is 7.41. The number of furan rings is 1. The molecule has 0 fully saturated rings. The zero-order valence-electron chi connectivity index (χ0n) is 15.0. The van der Waals surface area contributed by atoms with Crippen LogP contribution in [0.15, 0.2) is 51.4 Å². The summed E-state index contributed by atoms with van der Waals surface area (Å²) in [6.45, 7) is 2.30. The second kappa shape index (κ2) is 9.79. The van der Waals surface area contributed by atoms with E-state index in [9.17, 15) is 4.79 Å². The van der Waals surface area contributed by atoms with Crippen LogP contribution in [0, 0.1) is 0 Å². The van der Waals surface area contributed by atoms with Crippen LogP contribution in [0.3, 0.4) is 0 Å². The predicted octanol–water partition coefficient (Wildman–Crippen LogP) is 7.84. The van der Waals surface area contributed by atoms with Crippen molar-refractivity contribution in [2.24, 2.45) is 0 Å². The smallest absolute Gasteiger partial charge is 0.195 e. The first-order valence-corrected chi connectivity index (χ1v) is 11.0. The van der Waals surface area contributed by atoms with Crippen LogP contribution in [-0.2, 0) is 13.0 Å². The molecular formula is C21H17BrCl2O3S. The van der Waals surface area contributed by atoms with Crippen molar-refractivity contribution in [1.82, 2.24) is 0 Å². The Labute approximate surface area is 186 Å². The average Bonchev–Trinajstić information content (AvgIpc) is 3.27. The number of carbonyl (C=O) groups is 1. The maximum absolute atomic E-state index is 12.4. The second-order valence-corrected chi connectivity index (χ2v) is 8.78. The summed E-state index contributed by atoms with van der Waals surface area (Å²) in [7, 11) is 0. The van der Waals surface area contributed by atoms with Crippen LogP contribution in [0.5, 0.6) is 5.75 Å². The highest BCUT2D eigenvalue weighted by Gasteiger charge is 2.12. The Hall–Kier alpha value is -1.53. The zero-order chi connectivity index (χ0) is 20.1. The fourth-order valence-corrected chi connectivity index (χ4v) is 4.89. The predicted molar refractivity (Wildman–Crippen MR) is 119 cm³/mol. The average molecular weight is 500 g/mol. The lowest BCUT2D eigenvalue weighted by molar-refractivity contribution is 0.105. The summed E-state index contributed by atoms with van der Waals surface area (Å²) in [5.41, 5.74) is 0. The van der Waals surface area contributed by atoms with E-state index in [-0.39, 0.29) is 12.4 Å². The molecule has 0 unspecified atom stereocenters. The van der Waals surface area contributed by atoms with Gasteiger partial charge in [0.2, 0.25) is 0 Å². The van der Waals surface area contributed by atoms with E-state index in [2.05, 4.69) is 22.9 Å².